The van der Waals surface area contributed by atoms with E-state index in [1.54, 1.807) is 0 Å². The van der Waals surface area contributed by atoms with E-state index in [1.165, 1.54) is 32.1 Å². The normalized spacial score (nSPS) is 47.2. The third-order valence-corrected chi connectivity index (χ3v) is 6.80. The fourth-order valence-corrected chi connectivity index (χ4v) is 5.97. The summed E-state index contributed by atoms with van der Waals surface area (Å²) in [5, 5.41) is 0. The molecule has 3 N–H and O–H groups in total. The quantitative estimate of drug-likeness (QED) is 0.464. The molecule has 3 fully saturated rings. The van der Waals surface area contributed by atoms with Crippen molar-refractivity contribution < 1.29 is 4.79 Å². The highest BCUT2D eigenvalue weighted by Crippen LogP contribution is 2.50. The zero-order valence-corrected chi connectivity index (χ0v) is 12.8. The summed E-state index contributed by atoms with van der Waals surface area (Å²) in [7, 11) is 0. The molecule has 0 aromatic carbocycles. The number of ketones is 1. The van der Waals surface area contributed by atoms with Crippen molar-refractivity contribution >= 4 is 5.78 Å². The Balaban J connectivity index is 1.34. The highest BCUT2D eigenvalue weighted by molar-refractivity contribution is 5.82. The standard InChI is InChI=1S/C18H28N2O/c19-20-10-16-7-12-3-13(6-15(16)5-12)9-18(21)17-8-11-1-2-14(17)4-11/h1-2,11-17,20H,3-10,19H2. The molecule has 4 aliphatic carbocycles. The number of allylic oxidation sites excluding steroid dienone is 2. The molecule has 0 spiro atoms. The van der Waals surface area contributed by atoms with Gasteiger partial charge in [-0.15, -0.1) is 0 Å². The molecule has 3 heteroatoms. The van der Waals surface area contributed by atoms with E-state index in [0.29, 0.717) is 29.5 Å². The number of hydrogen-bond acceptors (Lipinski definition) is 3. The van der Waals surface area contributed by atoms with Crippen molar-refractivity contribution in [2.24, 2.45) is 47.3 Å². The second kappa shape index (κ2) is 5.51. The highest BCUT2D eigenvalue weighted by Gasteiger charge is 2.43. The van der Waals surface area contributed by atoms with Crippen LogP contribution in [0.2, 0.25) is 0 Å². The summed E-state index contributed by atoms with van der Waals surface area (Å²) in [5.74, 6) is 10.8. The maximum Gasteiger partial charge on any atom is 0.136 e. The van der Waals surface area contributed by atoms with Crippen LogP contribution in [0.3, 0.4) is 0 Å². The van der Waals surface area contributed by atoms with Crippen LogP contribution in [0, 0.1) is 41.4 Å². The third kappa shape index (κ3) is 2.59. The molecule has 3 saturated carbocycles. The van der Waals surface area contributed by atoms with Crippen molar-refractivity contribution in [1.82, 2.24) is 5.43 Å². The van der Waals surface area contributed by atoms with Gasteiger partial charge in [-0.05, 0) is 74.0 Å². The van der Waals surface area contributed by atoms with Crippen LogP contribution in [0.5, 0.6) is 0 Å². The van der Waals surface area contributed by atoms with Gasteiger partial charge in [-0.3, -0.25) is 16.1 Å². The minimum Gasteiger partial charge on any atom is -0.299 e. The Bertz CT molecular complexity index is 446. The molecule has 4 bridgehead atoms. The van der Waals surface area contributed by atoms with Crippen molar-refractivity contribution in [3.05, 3.63) is 12.2 Å². The van der Waals surface area contributed by atoms with Gasteiger partial charge in [0.05, 0.1) is 0 Å². The number of carbonyl (C=O) groups is 1. The van der Waals surface area contributed by atoms with E-state index in [4.69, 9.17) is 5.84 Å². The van der Waals surface area contributed by atoms with Crippen LogP contribution >= 0.6 is 0 Å². The first-order valence-corrected chi connectivity index (χ1v) is 8.87. The molecule has 7 unspecified atom stereocenters. The second-order valence-electron chi connectivity index (χ2n) is 8.16. The number of nitrogens with one attached hydrogen (secondary N) is 1. The van der Waals surface area contributed by atoms with Gasteiger partial charge in [-0.2, -0.15) is 0 Å². The van der Waals surface area contributed by atoms with Crippen molar-refractivity contribution in [1.29, 1.82) is 0 Å². The van der Waals surface area contributed by atoms with Gasteiger partial charge in [0.1, 0.15) is 5.78 Å². The van der Waals surface area contributed by atoms with Gasteiger partial charge in [0.15, 0.2) is 0 Å². The van der Waals surface area contributed by atoms with Crippen LogP contribution in [-0.4, -0.2) is 12.3 Å². The maximum absolute atomic E-state index is 12.7. The first kappa shape index (κ1) is 14.0. The number of rotatable bonds is 5. The van der Waals surface area contributed by atoms with Crippen LogP contribution in [0.15, 0.2) is 12.2 Å². The molecule has 4 rings (SSSR count). The monoisotopic (exact) mass is 288 g/mol. The minimum absolute atomic E-state index is 0.362. The number of hydrazine groups is 1. The van der Waals surface area contributed by atoms with E-state index in [2.05, 4.69) is 17.6 Å². The summed E-state index contributed by atoms with van der Waals surface area (Å²) in [5.41, 5.74) is 2.87. The fraction of sp³-hybridized carbons (Fsp3) is 0.833. The first-order valence-electron chi connectivity index (χ1n) is 8.87. The Morgan fingerprint density at radius 3 is 2.71 bits per heavy atom. The Morgan fingerprint density at radius 1 is 1.10 bits per heavy atom. The molecule has 0 aliphatic heterocycles. The van der Waals surface area contributed by atoms with Gasteiger partial charge in [-0.1, -0.05) is 12.2 Å². The first-order chi connectivity index (χ1) is 10.2. The lowest BCUT2D eigenvalue weighted by atomic mass is 9.75. The van der Waals surface area contributed by atoms with Gasteiger partial charge in [-0.25, -0.2) is 0 Å². The summed E-state index contributed by atoms with van der Waals surface area (Å²) in [6, 6.07) is 0. The lowest BCUT2D eigenvalue weighted by Crippen LogP contribution is -2.31. The van der Waals surface area contributed by atoms with Gasteiger partial charge < -0.3 is 0 Å². The van der Waals surface area contributed by atoms with Crippen molar-refractivity contribution in [2.45, 2.75) is 44.9 Å². The maximum atomic E-state index is 12.7. The van der Waals surface area contributed by atoms with Crippen LogP contribution in [0.4, 0.5) is 0 Å². The van der Waals surface area contributed by atoms with Crippen LogP contribution < -0.4 is 11.3 Å². The molecule has 4 aliphatic rings. The zero-order chi connectivity index (χ0) is 14.4. The summed E-state index contributed by atoms with van der Waals surface area (Å²) in [6.07, 6.45) is 13.2. The largest absolute Gasteiger partial charge is 0.299 e. The molecule has 0 heterocycles. The molecule has 0 radical (unpaired) electrons. The van der Waals surface area contributed by atoms with Gasteiger partial charge in [0, 0.05) is 18.9 Å². The fourth-order valence-electron chi connectivity index (χ4n) is 5.97. The average Bonchev–Trinajstić information content (AvgIpc) is 3.15. The van der Waals surface area contributed by atoms with E-state index in [-0.39, 0.29) is 0 Å². The zero-order valence-electron chi connectivity index (χ0n) is 12.8. The Hall–Kier alpha value is -0.670. The number of nitrogens with two attached hydrogens (primary N) is 1. The molecule has 7 atom stereocenters. The minimum atomic E-state index is 0.362. The topological polar surface area (TPSA) is 55.1 Å². The molecule has 3 nitrogen and oxygen atoms in total. The second-order valence-corrected chi connectivity index (χ2v) is 8.16. The van der Waals surface area contributed by atoms with Gasteiger partial charge >= 0.3 is 0 Å². The van der Waals surface area contributed by atoms with Crippen molar-refractivity contribution in [3.63, 3.8) is 0 Å². The number of Topliss-reactive ketones (excluding diaryl/α,β-unsaturated/α-hetero) is 1. The smallest absolute Gasteiger partial charge is 0.136 e. The lowest BCUT2D eigenvalue weighted by Gasteiger charge is -2.29. The Morgan fingerprint density at radius 2 is 2.00 bits per heavy atom. The molecule has 116 valence electrons. The molecule has 0 amide bonds. The summed E-state index contributed by atoms with van der Waals surface area (Å²) >= 11 is 0. The highest BCUT2D eigenvalue weighted by atomic mass is 16.1. The predicted octanol–water partition coefficient (Wildman–Crippen LogP) is 2.67. The molecule has 0 aromatic heterocycles. The summed E-state index contributed by atoms with van der Waals surface area (Å²) in [4.78, 5) is 12.7. The molecule has 0 aromatic rings. The van der Waals surface area contributed by atoms with Gasteiger partial charge in [0.2, 0.25) is 0 Å². The summed E-state index contributed by atoms with van der Waals surface area (Å²) < 4.78 is 0. The lowest BCUT2D eigenvalue weighted by molar-refractivity contribution is -0.124. The Labute approximate surface area is 127 Å². The Kier molecular flexibility index (Phi) is 3.66. The molecular formula is C18H28N2O. The predicted molar refractivity (Wildman–Crippen MR) is 83.1 cm³/mol. The van der Waals surface area contributed by atoms with Crippen LogP contribution in [0.25, 0.3) is 0 Å². The van der Waals surface area contributed by atoms with Crippen molar-refractivity contribution in [2.75, 3.05) is 6.54 Å². The van der Waals surface area contributed by atoms with Crippen LogP contribution in [0.1, 0.15) is 44.9 Å². The van der Waals surface area contributed by atoms with Crippen LogP contribution in [-0.2, 0) is 4.79 Å². The van der Waals surface area contributed by atoms with Crippen molar-refractivity contribution in [3.8, 4) is 0 Å². The average molecular weight is 288 g/mol. The molecular weight excluding hydrogens is 260 g/mol. The van der Waals surface area contributed by atoms with Gasteiger partial charge in [0.25, 0.3) is 0 Å². The SMILES string of the molecule is NNCC1CC2CC(CC(=O)C3CC4C=CC3C4)CC1C2. The number of hydrogen-bond donors (Lipinski definition) is 2. The van der Waals surface area contributed by atoms with E-state index >= 15 is 0 Å². The van der Waals surface area contributed by atoms with E-state index in [1.807, 2.05) is 0 Å². The molecule has 21 heavy (non-hydrogen) atoms. The summed E-state index contributed by atoms with van der Waals surface area (Å²) in [6.45, 7) is 0.957. The van der Waals surface area contributed by atoms with E-state index in [9.17, 15) is 4.79 Å². The third-order valence-electron chi connectivity index (χ3n) is 6.80. The van der Waals surface area contributed by atoms with E-state index in [0.717, 1.165) is 37.1 Å². The van der Waals surface area contributed by atoms with E-state index < -0.39 is 0 Å². The number of fused-ring (bicyclic) bond motifs is 4. The molecule has 0 saturated heterocycles. The number of carbonyl (C=O) groups excluding carboxylic acids is 1.